The number of carbonyl (C=O) groups excluding carboxylic acids is 1. The third-order valence-corrected chi connectivity index (χ3v) is 5.84. The number of thioether (sulfide) groups is 1. The molecule has 1 aromatic heterocycles. The fourth-order valence-corrected chi connectivity index (χ4v) is 3.83. The van der Waals surface area contributed by atoms with Crippen LogP contribution in [0.4, 0.5) is 5.95 Å². The Labute approximate surface area is 175 Å². The molecule has 0 spiro atoms. The predicted octanol–water partition coefficient (Wildman–Crippen LogP) is 4.40. The monoisotopic (exact) mass is 404 g/mol. The lowest BCUT2D eigenvalue weighted by Gasteiger charge is -2.14. The van der Waals surface area contributed by atoms with Crippen molar-refractivity contribution in [1.82, 2.24) is 15.3 Å². The molecule has 6 heteroatoms. The highest BCUT2D eigenvalue weighted by Gasteiger charge is 2.15. The van der Waals surface area contributed by atoms with Gasteiger partial charge >= 0.3 is 0 Å². The van der Waals surface area contributed by atoms with E-state index in [1.165, 1.54) is 17.7 Å². The fourth-order valence-electron chi connectivity index (χ4n) is 3.42. The first-order chi connectivity index (χ1) is 14.2. The largest absolute Gasteiger partial charge is 0.348 e. The van der Waals surface area contributed by atoms with E-state index in [0.29, 0.717) is 12.1 Å². The molecule has 1 fully saturated rings. The molecule has 1 N–H and O–H groups in total. The number of carbonyl (C=O) groups is 1. The van der Waals surface area contributed by atoms with Gasteiger partial charge in [-0.25, -0.2) is 9.97 Å². The van der Waals surface area contributed by atoms with Crippen LogP contribution in [-0.4, -0.2) is 35.2 Å². The van der Waals surface area contributed by atoms with E-state index in [2.05, 4.69) is 38.6 Å². The summed E-state index contributed by atoms with van der Waals surface area (Å²) >= 11 is 1.71. The van der Waals surface area contributed by atoms with E-state index >= 15 is 0 Å². The van der Waals surface area contributed by atoms with Crippen LogP contribution in [0.25, 0.3) is 11.1 Å². The Morgan fingerprint density at radius 2 is 1.76 bits per heavy atom. The smallest absolute Gasteiger partial charge is 0.251 e. The maximum absolute atomic E-state index is 12.6. The summed E-state index contributed by atoms with van der Waals surface area (Å²) in [5, 5.41) is 2.99. The number of hydrogen-bond acceptors (Lipinski definition) is 5. The van der Waals surface area contributed by atoms with E-state index in [-0.39, 0.29) is 5.91 Å². The Hall–Kier alpha value is -2.86. The van der Waals surface area contributed by atoms with Crippen molar-refractivity contribution in [2.24, 2.45) is 0 Å². The molecule has 2 heterocycles. The van der Waals surface area contributed by atoms with Crippen molar-refractivity contribution in [3.8, 4) is 11.1 Å². The summed E-state index contributed by atoms with van der Waals surface area (Å²) in [5.41, 5.74) is 3.57. The van der Waals surface area contributed by atoms with Crippen molar-refractivity contribution >= 4 is 23.6 Å². The summed E-state index contributed by atoms with van der Waals surface area (Å²) in [4.78, 5) is 25.0. The van der Waals surface area contributed by atoms with Crippen molar-refractivity contribution in [1.29, 1.82) is 0 Å². The maximum Gasteiger partial charge on any atom is 0.251 e. The molecule has 0 aliphatic carbocycles. The average molecular weight is 405 g/mol. The van der Waals surface area contributed by atoms with Gasteiger partial charge in [0, 0.05) is 48.1 Å². The van der Waals surface area contributed by atoms with Gasteiger partial charge in [0.15, 0.2) is 0 Å². The zero-order valence-electron chi connectivity index (χ0n) is 16.5. The van der Waals surface area contributed by atoms with E-state index in [1.54, 1.807) is 11.8 Å². The van der Waals surface area contributed by atoms with Crippen LogP contribution in [0.3, 0.4) is 0 Å². The van der Waals surface area contributed by atoms with Gasteiger partial charge in [0.1, 0.15) is 0 Å². The molecule has 1 saturated heterocycles. The Morgan fingerprint density at radius 1 is 1.03 bits per heavy atom. The summed E-state index contributed by atoms with van der Waals surface area (Å²) in [7, 11) is 0. The number of amides is 1. The summed E-state index contributed by atoms with van der Waals surface area (Å²) in [6, 6.07) is 15.8. The number of aromatic nitrogens is 2. The SMILES string of the molecule is CSc1ccc(CNC(=O)c2cccc(-c3cnc(N4CCCC4)nc3)c2)cc1. The number of hydrogen-bond donors (Lipinski definition) is 1. The van der Waals surface area contributed by atoms with Crippen LogP contribution in [0.1, 0.15) is 28.8 Å². The number of rotatable bonds is 6. The molecule has 1 amide bonds. The highest BCUT2D eigenvalue weighted by atomic mass is 32.2. The summed E-state index contributed by atoms with van der Waals surface area (Å²) in [6.45, 7) is 2.55. The zero-order chi connectivity index (χ0) is 20.1. The first kappa shape index (κ1) is 19.5. The molecule has 0 bridgehead atoms. The first-order valence-corrected chi connectivity index (χ1v) is 11.0. The Morgan fingerprint density at radius 3 is 2.45 bits per heavy atom. The third-order valence-electron chi connectivity index (χ3n) is 5.10. The van der Waals surface area contributed by atoms with Gasteiger partial charge in [0.2, 0.25) is 5.95 Å². The molecule has 1 aliphatic rings. The first-order valence-electron chi connectivity index (χ1n) is 9.81. The van der Waals surface area contributed by atoms with Gasteiger partial charge < -0.3 is 10.2 Å². The second kappa shape index (κ2) is 9.09. The normalized spacial score (nSPS) is 13.5. The van der Waals surface area contributed by atoms with E-state index < -0.39 is 0 Å². The molecule has 0 unspecified atom stereocenters. The van der Waals surface area contributed by atoms with Crippen molar-refractivity contribution in [2.45, 2.75) is 24.3 Å². The van der Waals surface area contributed by atoms with Crippen LogP contribution in [0.2, 0.25) is 0 Å². The second-order valence-corrected chi connectivity index (χ2v) is 7.96. The summed E-state index contributed by atoms with van der Waals surface area (Å²) in [6.07, 6.45) is 8.12. The quantitative estimate of drug-likeness (QED) is 0.617. The summed E-state index contributed by atoms with van der Waals surface area (Å²) < 4.78 is 0. The van der Waals surface area contributed by atoms with Crippen molar-refractivity contribution < 1.29 is 4.79 Å². The minimum absolute atomic E-state index is 0.0876. The van der Waals surface area contributed by atoms with E-state index in [1.807, 2.05) is 48.8 Å². The number of anilines is 1. The molecular weight excluding hydrogens is 380 g/mol. The molecule has 1 aliphatic heterocycles. The molecule has 29 heavy (non-hydrogen) atoms. The van der Waals surface area contributed by atoms with Gasteiger partial charge in [0.25, 0.3) is 5.91 Å². The van der Waals surface area contributed by atoms with Crippen LogP contribution in [0.5, 0.6) is 0 Å². The van der Waals surface area contributed by atoms with Crippen molar-refractivity contribution in [2.75, 3.05) is 24.2 Å². The summed E-state index contributed by atoms with van der Waals surface area (Å²) in [5.74, 6) is 0.697. The molecule has 0 radical (unpaired) electrons. The van der Waals surface area contributed by atoms with Gasteiger partial charge in [-0.05, 0) is 54.5 Å². The van der Waals surface area contributed by atoms with Crippen LogP contribution in [0.15, 0.2) is 65.8 Å². The molecule has 0 atom stereocenters. The Balaban J connectivity index is 1.42. The van der Waals surface area contributed by atoms with Crippen LogP contribution >= 0.6 is 11.8 Å². The van der Waals surface area contributed by atoms with Gasteiger partial charge in [-0.15, -0.1) is 11.8 Å². The van der Waals surface area contributed by atoms with Crippen molar-refractivity contribution in [3.05, 3.63) is 72.1 Å². The molecule has 148 valence electrons. The molecule has 4 rings (SSSR count). The number of benzene rings is 2. The molecular formula is C23H24N4OS. The minimum atomic E-state index is -0.0876. The second-order valence-electron chi connectivity index (χ2n) is 7.08. The Bertz CT molecular complexity index is 967. The van der Waals surface area contributed by atoms with Gasteiger partial charge in [-0.1, -0.05) is 24.3 Å². The lowest BCUT2D eigenvalue weighted by atomic mass is 10.1. The lowest BCUT2D eigenvalue weighted by molar-refractivity contribution is 0.0951. The third kappa shape index (κ3) is 4.77. The molecule has 5 nitrogen and oxygen atoms in total. The minimum Gasteiger partial charge on any atom is -0.348 e. The van der Waals surface area contributed by atoms with Crippen LogP contribution in [0, 0.1) is 0 Å². The van der Waals surface area contributed by atoms with E-state index in [0.717, 1.165) is 35.7 Å². The molecule has 3 aromatic rings. The highest BCUT2D eigenvalue weighted by Crippen LogP contribution is 2.22. The van der Waals surface area contributed by atoms with Crippen LogP contribution < -0.4 is 10.2 Å². The zero-order valence-corrected chi connectivity index (χ0v) is 17.3. The lowest BCUT2D eigenvalue weighted by Crippen LogP contribution is -2.22. The van der Waals surface area contributed by atoms with Crippen molar-refractivity contribution in [3.63, 3.8) is 0 Å². The highest BCUT2D eigenvalue weighted by molar-refractivity contribution is 7.98. The van der Waals surface area contributed by atoms with E-state index in [9.17, 15) is 4.79 Å². The predicted molar refractivity (Wildman–Crippen MR) is 118 cm³/mol. The molecule has 2 aromatic carbocycles. The van der Waals surface area contributed by atoms with Crippen LogP contribution in [-0.2, 0) is 6.54 Å². The topological polar surface area (TPSA) is 58.1 Å². The molecule has 0 saturated carbocycles. The van der Waals surface area contributed by atoms with Gasteiger partial charge in [0.05, 0.1) is 0 Å². The average Bonchev–Trinajstić information content (AvgIpc) is 3.33. The van der Waals surface area contributed by atoms with Gasteiger partial charge in [-0.2, -0.15) is 0 Å². The maximum atomic E-state index is 12.6. The van der Waals surface area contributed by atoms with Gasteiger partial charge in [-0.3, -0.25) is 4.79 Å². The van der Waals surface area contributed by atoms with E-state index in [4.69, 9.17) is 0 Å². The fraction of sp³-hybridized carbons (Fsp3) is 0.261. The standard InChI is InChI=1S/C23H24N4OS/c1-29-21-9-7-17(8-10-21)14-24-22(28)19-6-4-5-18(13-19)20-15-25-23(26-16-20)27-11-2-3-12-27/h4-10,13,15-16H,2-3,11-12,14H2,1H3,(H,24,28). The number of nitrogens with zero attached hydrogens (tertiary/aromatic N) is 3. The Kier molecular flexibility index (Phi) is 6.10. The number of nitrogens with one attached hydrogen (secondary N) is 1.